The predicted octanol–water partition coefficient (Wildman–Crippen LogP) is 4.73. The fourth-order valence-electron chi connectivity index (χ4n) is 3.94. The van der Waals surface area contributed by atoms with Gasteiger partial charge in [0.25, 0.3) is 5.91 Å². The van der Waals surface area contributed by atoms with Crippen molar-refractivity contribution >= 4 is 41.2 Å². The third kappa shape index (κ3) is 6.34. The van der Waals surface area contributed by atoms with Gasteiger partial charge in [0, 0.05) is 5.56 Å². The SMILES string of the molecule is CCOc1cc(/C=C2/NC(=O)N(CC(=O)Nc3ccccc3OC)C2=O)cc(Cl)c1OCc1ccccc1C#N. The molecule has 0 saturated carbocycles. The Morgan fingerprint density at radius 2 is 1.85 bits per heavy atom. The number of ether oxygens (including phenoxy) is 3. The van der Waals surface area contributed by atoms with Crippen LogP contribution in [0.4, 0.5) is 10.5 Å². The van der Waals surface area contributed by atoms with Gasteiger partial charge in [-0.2, -0.15) is 5.26 Å². The van der Waals surface area contributed by atoms with Gasteiger partial charge in [-0.25, -0.2) is 9.69 Å². The first-order chi connectivity index (χ1) is 19.3. The molecule has 1 fully saturated rings. The highest BCUT2D eigenvalue weighted by atomic mass is 35.5. The summed E-state index contributed by atoms with van der Waals surface area (Å²) in [6, 6.07) is 18.4. The van der Waals surface area contributed by atoms with E-state index in [0.29, 0.717) is 40.5 Å². The standard InChI is InChI=1S/C29H25ClN4O6/c1-3-39-25-14-18(12-21(30)27(25)40-17-20-9-5-4-8-19(20)15-31)13-23-28(36)34(29(37)33-23)16-26(35)32-22-10-6-7-11-24(22)38-2/h4-14H,3,16-17H2,1-2H3,(H,32,35)(H,33,37)/b23-13+. The number of carbonyl (C=O) groups is 3. The van der Waals surface area contributed by atoms with Crippen molar-refractivity contribution in [3.05, 3.63) is 88.1 Å². The van der Waals surface area contributed by atoms with E-state index in [1.807, 2.05) is 0 Å². The number of nitrogens with zero attached hydrogens (tertiary/aromatic N) is 2. The van der Waals surface area contributed by atoms with Crippen molar-refractivity contribution in [3.8, 4) is 23.3 Å². The average molecular weight is 561 g/mol. The summed E-state index contributed by atoms with van der Waals surface area (Å²) in [5, 5.41) is 14.7. The molecule has 4 amide bonds. The Bertz CT molecular complexity index is 1530. The smallest absolute Gasteiger partial charge is 0.329 e. The van der Waals surface area contributed by atoms with Gasteiger partial charge in [0.2, 0.25) is 5.91 Å². The van der Waals surface area contributed by atoms with Crippen molar-refractivity contribution in [3.63, 3.8) is 0 Å². The Kier molecular flexibility index (Phi) is 8.89. The zero-order valence-electron chi connectivity index (χ0n) is 21.7. The molecule has 0 bridgehead atoms. The normalized spacial score (nSPS) is 13.6. The molecule has 40 heavy (non-hydrogen) atoms. The summed E-state index contributed by atoms with van der Waals surface area (Å²) in [6.45, 7) is 1.70. The summed E-state index contributed by atoms with van der Waals surface area (Å²) in [4.78, 5) is 38.8. The van der Waals surface area contributed by atoms with E-state index in [2.05, 4.69) is 16.7 Å². The van der Waals surface area contributed by atoms with Crippen LogP contribution in [0.5, 0.6) is 17.2 Å². The van der Waals surface area contributed by atoms with Crippen LogP contribution in [-0.4, -0.2) is 43.0 Å². The molecular weight excluding hydrogens is 536 g/mol. The fourth-order valence-corrected chi connectivity index (χ4v) is 4.22. The molecule has 0 aliphatic carbocycles. The Hall–Kier alpha value is -5.01. The highest BCUT2D eigenvalue weighted by Gasteiger charge is 2.35. The molecule has 204 valence electrons. The monoisotopic (exact) mass is 560 g/mol. The lowest BCUT2D eigenvalue weighted by atomic mass is 10.1. The highest BCUT2D eigenvalue weighted by molar-refractivity contribution is 6.32. The maximum Gasteiger partial charge on any atom is 0.329 e. The van der Waals surface area contributed by atoms with Crippen LogP contribution >= 0.6 is 11.6 Å². The number of methoxy groups -OCH3 is 1. The van der Waals surface area contributed by atoms with Gasteiger partial charge in [-0.15, -0.1) is 0 Å². The second-order valence-electron chi connectivity index (χ2n) is 8.45. The van der Waals surface area contributed by atoms with E-state index in [0.717, 1.165) is 4.90 Å². The number of halogens is 1. The van der Waals surface area contributed by atoms with Crippen LogP contribution in [0.3, 0.4) is 0 Å². The summed E-state index contributed by atoms with van der Waals surface area (Å²) in [7, 11) is 1.47. The maximum atomic E-state index is 13.0. The first-order valence-electron chi connectivity index (χ1n) is 12.2. The van der Waals surface area contributed by atoms with Crippen molar-refractivity contribution in [2.75, 3.05) is 25.6 Å². The van der Waals surface area contributed by atoms with E-state index in [-0.39, 0.29) is 23.1 Å². The van der Waals surface area contributed by atoms with Gasteiger partial charge < -0.3 is 24.8 Å². The summed E-state index contributed by atoms with van der Waals surface area (Å²) < 4.78 is 16.8. The van der Waals surface area contributed by atoms with Crippen LogP contribution in [0.2, 0.25) is 5.02 Å². The molecule has 1 heterocycles. The Balaban J connectivity index is 1.50. The number of hydrogen-bond acceptors (Lipinski definition) is 7. The molecule has 0 spiro atoms. The van der Waals surface area contributed by atoms with Gasteiger partial charge in [-0.05, 0) is 48.9 Å². The van der Waals surface area contributed by atoms with E-state index >= 15 is 0 Å². The minimum Gasteiger partial charge on any atom is -0.495 e. The number of rotatable bonds is 10. The van der Waals surface area contributed by atoms with E-state index in [1.54, 1.807) is 67.6 Å². The highest BCUT2D eigenvalue weighted by Crippen LogP contribution is 2.38. The second-order valence-corrected chi connectivity index (χ2v) is 8.86. The Morgan fingerprint density at radius 3 is 2.60 bits per heavy atom. The van der Waals surface area contributed by atoms with Crippen LogP contribution in [0.25, 0.3) is 6.08 Å². The minimum atomic E-state index is -0.737. The first-order valence-corrected chi connectivity index (χ1v) is 12.6. The molecule has 0 aromatic heterocycles. The summed E-state index contributed by atoms with van der Waals surface area (Å²) in [6.07, 6.45) is 1.43. The number of anilines is 1. The maximum absolute atomic E-state index is 13.0. The molecule has 0 unspecified atom stereocenters. The van der Waals surface area contributed by atoms with E-state index in [1.165, 1.54) is 13.2 Å². The third-order valence-corrected chi connectivity index (χ3v) is 6.08. The van der Waals surface area contributed by atoms with Crippen LogP contribution in [0.1, 0.15) is 23.6 Å². The van der Waals surface area contributed by atoms with E-state index in [4.69, 9.17) is 25.8 Å². The zero-order valence-corrected chi connectivity index (χ0v) is 22.4. The lowest BCUT2D eigenvalue weighted by Gasteiger charge is -2.15. The molecule has 1 aliphatic rings. The van der Waals surface area contributed by atoms with Gasteiger partial charge >= 0.3 is 6.03 Å². The van der Waals surface area contributed by atoms with Crippen molar-refractivity contribution in [1.82, 2.24) is 10.2 Å². The fraction of sp³-hybridized carbons (Fsp3) is 0.172. The minimum absolute atomic E-state index is 0.0368. The van der Waals surface area contributed by atoms with E-state index in [9.17, 15) is 19.6 Å². The van der Waals surface area contributed by atoms with Gasteiger partial charge in [0.05, 0.1) is 36.1 Å². The number of hydrogen-bond donors (Lipinski definition) is 2. The number of benzene rings is 3. The lowest BCUT2D eigenvalue weighted by molar-refractivity contribution is -0.127. The predicted molar refractivity (Wildman–Crippen MR) is 148 cm³/mol. The number of para-hydroxylation sites is 2. The Labute approximate surface area is 235 Å². The number of imide groups is 1. The van der Waals surface area contributed by atoms with Crippen LogP contribution < -0.4 is 24.8 Å². The number of urea groups is 1. The number of nitriles is 1. The largest absolute Gasteiger partial charge is 0.495 e. The van der Waals surface area contributed by atoms with Crippen molar-refractivity contribution in [2.45, 2.75) is 13.5 Å². The molecule has 3 aromatic carbocycles. The Morgan fingerprint density at radius 1 is 1.10 bits per heavy atom. The molecule has 1 aliphatic heterocycles. The van der Waals surface area contributed by atoms with Gasteiger partial charge in [0.15, 0.2) is 11.5 Å². The quantitative estimate of drug-likeness (QED) is 0.271. The van der Waals surface area contributed by atoms with Crippen molar-refractivity contribution in [1.29, 1.82) is 5.26 Å². The van der Waals surface area contributed by atoms with Crippen LogP contribution in [0, 0.1) is 11.3 Å². The topological polar surface area (TPSA) is 130 Å². The van der Waals surface area contributed by atoms with Crippen LogP contribution in [0.15, 0.2) is 66.4 Å². The van der Waals surface area contributed by atoms with Crippen LogP contribution in [-0.2, 0) is 16.2 Å². The molecule has 4 rings (SSSR count). The molecule has 2 N–H and O–H groups in total. The lowest BCUT2D eigenvalue weighted by Crippen LogP contribution is -2.38. The van der Waals surface area contributed by atoms with Crippen molar-refractivity contribution < 1.29 is 28.6 Å². The van der Waals surface area contributed by atoms with Gasteiger partial charge in [-0.1, -0.05) is 41.9 Å². The summed E-state index contributed by atoms with van der Waals surface area (Å²) >= 11 is 6.51. The molecule has 3 aromatic rings. The average Bonchev–Trinajstić information content (AvgIpc) is 3.20. The first kappa shape index (κ1) is 28.0. The van der Waals surface area contributed by atoms with Gasteiger partial charge in [0.1, 0.15) is 24.6 Å². The van der Waals surface area contributed by atoms with Crippen molar-refractivity contribution in [2.24, 2.45) is 0 Å². The molecule has 10 nitrogen and oxygen atoms in total. The summed E-state index contributed by atoms with van der Waals surface area (Å²) in [5.74, 6) is -0.216. The molecule has 0 atom stereocenters. The summed E-state index contributed by atoms with van der Waals surface area (Å²) in [5.41, 5.74) is 2.00. The molecule has 1 saturated heterocycles. The number of carbonyl (C=O) groups excluding carboxylic acids is 3. The molecular formula is C29H25ClN4O6. The zero-order chi connectivity index (χ0) is 28.6. The second kappa shape index (κ2) is 12.7. The number of amides is 4. The third-order valence-electron chi connectivity index (χ3n) is 5.80. The number of nitrogens with one attached hydrogen (secondary N) is 2. The van der Waals surface area contributed by atoms with Gasteiger partial charge in [-0.3, -0.25) is 9.59 Å². The molecule has 11 heteroatoms. The van der Waals surface area contributed by atoms with E-state index < -0.39 is 24.4 Å². The molecule has 0 radical (unpaired) electrons.